The summed E-state index contributed by atoms with van der Waals surface area (Å²) in [7, 11) is 0. The van der Waals surface area contributed by atoms with E-state index in [-0.39, 0.29) is 30.3 Å². The highest BCUT2D eigenvalue weighted by Crippen LogP contribution is 2.19. The lowest BCUT2D eigenvalue weighted by molar-refractivity contribution is -0.116. The number of anilines is 2. The average molecular weight is 356 g/mol. The van der Waals surface area contributed by atoms with E-state index in [2.05, 4.69) is 10.2 Å². The van der Waals surface area contributed by atoms with E-state index in [9.17, 15) is 14.0 Å². The molecule has 1 amide bonds. The topological polar surface area (TPSA) is 58.6 Å². The van der Waals surface area contributed by atoms with Crippen molar-refractivity contribution in [2.45, 2.75) is 12.8 Å². The van der Waals surface area contributed by atoms with Gasteiger partial charge in [0.25, 0.3) is 0 Å². The number of ketones is 1. The molecular formula is C20H21FN2O3. The molecule has 0 bridgehead atoms. The Morgan fingerprint density at radius 2 is 1.62 bits per heavy atom. The fraction of sp³-hybridized carbons (Fsp3) is 0.300. The van der Waals surface area contributed by atoms with Gasteiger partial charge in [0.15, 0.2) is 5.78 Å². The first-order valence-corrected chi connectivity index (χ1v) is 8.63. The predicted octanol–water partition coefficient (Wildman–Crippen LogP) is 3.26. The quantitative estimate of drug-likeness (QED) is 0.807. The van der Waals surface area contributed by atoms with E-state index in [1.165, 1.54) is 24.3 Å². The number of nitrogens with zero attached hydrogens (tertiary/aromatic N) is 1. The minimum Gasteiger partial charge on any atom is -0.378 e. The summed E-state index contributed by atoms with van der Waals surface area (Å²) in [5.41, 5.74) is 2.20. The van der Waals surface area contributed by atoms with Gasteiger partial charge in [0.05, 0.1) is 13.2 Å². The van der Waals surface area contributed by atoms with Crippen LogP contribution in [0.4, 0.5) is 15.8 Å². The Morgan fingerprint density at radius 1 is 0.962 bits per heavy atom. The van der Waals surface area contributed by atoms with Crippen molar-refractivity contribution in [1.29, 1.82) is 0 Å². The molecule has 0 unspecified atom stereocenters. The summed E-state index contributed by atoms with van der Waals surface area (Å²) in [5.74, 6) is -0.790. The van der Waals surface area contributed by atoms with Crippen molar-refractivity contribution in [2.75, 3.05) is 36.5 Å². The summed E-state index contributed by atoms with van der Waals surface area (Å²) in [6.07, 6.45) is 0.171. The largest absolute Gasteiger partial charge is 0.378 e. The third-order valence-corrected chi connectivity index (χ3v) is 4.27. The molecule has 1 aliphatic heterocycles. The van der Waals surface area contributed by atoms with E-state index in [0.29, 0.717) is 11.3 Å². The first-order valence-electron chi connectivity index (χ1n) is 8.63. The summed E-state index contributed by atoms with van der Waals surface area (Å²) in [5, 5.41) is 2.79. The van der Waals surface area contributed by atoms with Crippen molar-refractivity contribution >= 4 is 23.1 Å². The maximum atomic E-state index is 12.9. The number of nitrogens with one attached hydrogen (secondary N) is 1. The Labute approximate surface area is 151 Å². The zero-order valence-electron chi connectivity index (χ0n) is 14.4. The first-order chi connectivity index (χ1) is 12.6. The highest BCUT2D eigenvalue weighted by atomic mass is 19.1. The monoisotopic (exact) mass is 356 g/mol. The lowest BCUT2D eigenvalue weighted by Gasteiger charge is -2.28. The molecule has 26 heavy (non-hydrogen) atoms. The minimum absolute atomic E-state index is 0.0847. The molecule has 0 aromatic heterocycles. The van der Waals surface area contributed by atoms with E-state index in [0.717, 1.165) is 32.0 Å². The Morgan fingerprint density at radius 3 is 2.27 bits per heavy atom. The van der Waals surface area contributed by atoms with E-state index in [4.69, 9.17) is 4.74 Å². The smallest absolute Gasteiger partial charge is 0.224 e. The van der Waals surface area contributed by atoms with E-state index >= 15 is 0 Å². The minimum atomic E-state index is -0.389. The van der Waals surface area contributed by atoms with Gasteiger partial charge in [-0.1, -0.05) is 0 Å². The molecule has 0 atom stereocenters. The molecule has 0 aliphatic carbocycles. The molecule has 1 saturated heterocycles. The molecule has 5 nitrogen and oxygen atoms in total. The Balaban J connectivity index is 1.48. The molecular weight excluding hydrogens is 335 g/mol. The lowest BCUT2D eigenvalue weighted by atomic mass is 10.1. The average Bonchev–Trinajstić information content (AvgIpc) is 2.68. The number of halogens is 1. The molecule has 2 aromatic carbocycles. The van der Waals surface area contributed by atoms with Crippen molar-refractivity contribution in [3.63, 3.8) is 0 Å². The fourth-order valence-electron chi connectivity index (χ4n) is 2.81. The second-order valence-corrected chi connectivity index (χ2v) is 6.12. The van der Waals surface area contributed by atoms with Crippen molar-refractivity contribution < 1.29 is 18.7 Å². The zero-order valence-corrected chi connectivity index (χ0v) is 14.4. The highest BCUT2D eigenvalue weighted by Gasteiger charge is 2.12. The molecule has 1 fully saturated rings. The molecule has 0 saturated carbocycles. The van der Waals surface area contributed by atoms with Crippen molar-refractivity contribution in [2.24, 2.45) is 0 Å². The van der Waals surface area contributed by atoms with Crippen LogP contribution in [0.25, 0.3) is 0 Å². The number of Topliss-reactive ketones (excluding diaryl/α,β-unsaturated/α-hetero) is 1. The van der Waals surface area contributed by atoms with Crippen LogP contribution in [0.1, 0.15) is 23.2 Å². The number of morpholine rings is 1. The van der Waals surface area contributed by atoms with E-state index < -0.39 is 0 Å². The zero-order chi connectivity index (χ0) is 18.4. The number of hydrogen-bond acceptors (Lipinski definition) is 4. The van der Waals surface area contributed by atoms with Gasteiger partial charge in [-0.05, 0) is 48.5 Å². The standard InChI is InChI=1S/C20H21FN2O3/c21-16-3-1-15(2-4-16)19(24)9-10-20(25)22-17-5-7-18(8-6-17)23-11-13-26-14-12-23/h1-8H,9-14H2,(H,22,25). The Kier molecular flexibility index (Phi) is 5.96. The maximum Gasteiger partial charge on any atom is 0.224 e. The molecule has 0 radical (unpaired) electrons. The van der Waals surface area contributed by atoms with Gasteiger partial charge >= 0.3 is 0 Å². The van der Waals surface area contributed by atoms with Gasteiger partial charge in [0, 0.05) is 42.9 Å². The summed E-state index contributed by atoms with van der Waals surface area (Å²) in [4.78, 5) is 26.3. The number of hydrogen-bond donors (Lipinski definition) is 1. The van der Waals surface area contributed by atoms with Crippen LogP contribution < -0.4 is 10.2 Å². The summed E-state index contributed by atoms with van der Waals surface area (Å²) in [6, 6.07) is 13.0. The van der Waals surface area contributed by atoms with Crippen LogP contribution in [-0.2, 0) is 9.53 Å². The second kappa shape index (κ2) is 8.58. The van der Waals surface area contributed by atoms with Crippen LogP contribution in [0, 0.1) is 5.82 Å². The van der Waals surface area contributed by atoms with Gasteiger partial charge in [-0.2, -0.15) is 0 Å². The van der Waals surface area contributed by atoms with Crippen LogP contribution in [0.3, 0.4) is 0 Å². The number of rotatable bonds is 6. The van der Waals surface area contributed by atoms with Gasteiger partial charge in [-0.3, -0.25) is 9.59 Å². The van der Waals surface area contributed by atoms with Crippen molar-refractivity contribution in [3.05, 3.63) is 59.9 Å². The van der Waals surface area contributed by atoms with Crippen molar-refractivity contribution in [1.82, 2.24) is 0 Å². The molecule has 136 valence electrons. The third-order valence-electron chi connectivity index (χ3n) is 4.27. The van der Waals surface area contributed by atoms with E-state index in [1.807, 2.05) is 24.3 Å². The SMILES string of the molecule is O=C(CCC(=O)c1ccc(F)cc1)Nc1ccc(N2CCOCC2)cc1. The summed E-state index contributed by atoms with van der Waals surface area (Å²) >= 11 is 0. The van der Waals surface area contributed by atoms with Crippen molar-refractivity contribution in [3.8, 4) is 0 Å². The number of benzene rings is 2. The summed E-state index contributed by atoms with van der Waals surface area (Å²) < 4.78 is 18.2. The van der Waals surface area contributed by atoms with Gasteiger partial charge in [-0.15, -0.1) is 0 Å². The molecule has 2 aromatic rings. The normalized spacial score (nSPS) is 14.1. The van der Waals surface area contributed by atoms with E-state index in [1.54, 1.807) is 0 Å². The lowest BCUT2D eigenvalue weighted by Crippen LogP contribution is -2.36. The molecule has 0 spiro atoms. The first kappa shape index (κ1) is 18.1. The fourth-order valence-corrected chi connectivity index (χ4v) is 2.81. The molecule has 3 rings (SSSR count). The molecule has 6 heteroatoms. The van der Waals surface area contributed by atoms with Gasteiger partial charge < -0.3 is 15.0 Å². The maximum absolute atomic E-state index is 12.9. The molecule has 1 N–H and O–H groups in total. The van der Waals surface area contributed by atoms with Crippen LogP contribution in [-0.4, -0.2) is 38.0 Å². The Hall–Kier alpha value is -2.73. The van der Waals surface area contributed by atoms with Gasteiger partial charge in [0.2, 0.25) is 5.91 Å². The van der Waals surface area contributed by atoms with Gasteiger partial charge in [0.1, 0.15) is 5.82 Å². The van der Waals surface area contributed by atoms with Crippen LogP contribution in [0.5, 0.6) is 0 Å². The molecule has 1 aliphatic rings. The highest BCUT2D eigenvalue weighted by molar-refractivity contribution is 6.00. The number of ether oxygens (including phenoxy) is 1. The third kappa shape index (κ3) is 4.89. The second-order valence-electron chi connectivity index (χ2n) is 6.12. The van der Waals surface area contributed by atoms with Gasteiger partial charge in [-0.25, -0.2) is 4.39 Å². The van der Waals surface area contributed by atoms with Crippen LogP contribution in [0.15, 0.2) is 48.5 Å². The number of amides is 1. The molecule has 1 heterocycles. The van der Waals surface area contributed by atoms with Crippen LogP contribution in [0.2, 0.25) is 0 Å². The Bertz CT molecular complexity index is 754. The number of carbonyl (C=O) groups excluding carboxylic acids is 2. The number of carbonyl (C=O) groups is 2. The van der Waals surface area contributed by atoms with Crippen LogP contribution >= 0.6 is 0 Å². The predicted molar refractivity (Wildman–Crippen MR) is 98.1 cm³/mol. The summed E-state index contributed by atoms with van der Waals surface area (Å²) in [6.45, 7) is 3.16.